The molecule has 84 valence electrons. The number of rotatable bonds is 6. The van der Waals surface area contributed by atoms with Gasteiger partial charge in [-0.3, -0.25) is 0 Å². The van der Waals surface area contributed by atoms with Gasteiger partial charge in [-0.1, -0.05) is 29.8 Å². The molecule has 0 aliphatic heterocycles. The summed E-state index contributed by atoms with van der Waals surface area (Å²) in [5, 5.41) is 10.3. The van der Waals surface area contributed by atoms with Crippen molar-refractivity contribution in [2.75, 3.05) is 26.9 Å². The molecule has 1 rings (SSSR count). The largest absolute Gasteiger partial charge is 0.386 e. The van der Waals surface area contributed by atoms with Crippen LogP contribution in [0.15, 0.2) is 24.3 Å². The maximum Gasteiger partial charge on any atom is 0.104 e. The highest BCUT2D eigenvalue weighted by molar-refractivity contribution is 6.31. The van der Waals surface area contributed by atoms with E-state index in [2.05, 4.69) is 0 Å². The van der Waals surface area contributed by atoms with Gasteiger partial charge in [-0.05, 0) is 6.07 Å². The molecule has 1 aromatic carbocycles. The molecule has 0 aliphatic rings. The van der Waals surface area contributed by atoms with E-state index >= 15 is 0 Å². The van der Waals surface area contributed by atoms with Crippen LogP contribution in [0.4, 0.5) is 0 Å². The van der Waals surface area contributed by atoms with Crippen LogP contribution in [0.1, 0.15) is 11.7 Å². The highest BCUT2D eigenvalue weighted by atomic mass is 35.5. The number of halogens is 1. The number of methoxy groups -OCH3 is 1. The second kappa shape index (κ2) is 6.80. The molecule has 0 spiro atoms. The van der Waals surface area contributed by atoms with Gasteiger partial charge in [0.15, 0.2) is 0 Å². The second-order valence-corrected chi connectivity index (χ2v) is 3.51. The monoisotopic (exact) mass is 230 g/mol. The quantitative estimate of drug-likeness (QED) is 0.761. The Bertz CT molecular complexity index is 291. The molecular formula is C11H15ClO3. The van der Waals surface area contributed by atoms with Crippen molar-refractivity contribution in [2.24, 2.45) is 0 Å². The molecule has 0 saturated heterocycles. The number of ether oxygens (including phenoxy) is 2. The Balaban J connectivity index is 2.40. The maximum absolute atomic E-state index is 9.75. The minimum Gasteiger partial charge on any atom is -0.386 e. The van der Waals surface area contributed by atoms with Crippen molar-refractivity contribution in [2.45, 2.75) is 6.10 Å². The van der Waals surface area contributed by atoms with Crippen LogP contribution in [0, 0.1) is 0 Å². The minimum atomic E-state index is -0.685. The van der Waals surface area contributed by atoms with Gasteiger partial charge in [0.25, 0.3) is 0 Å². The highest BCUT2D eigenvalue weighted by Gasteiger charge is 2.10. The molecule has 0 heterocycles. The summed E-state index contributed by atoms with van der Waals surface area (Å²) >= 11 is 5.92. The predicted molar refractivity (Wildman–Crippen MR) is 59.1 cm³/mol. The van der Waals surface area contributed by atoms with E-state index in [4.69, 9.17) is 21.1 Å². The lowest BCUT2D eigenvalue weighted by molar-refractivity contribution is 0.0126. The van der Waals surface area contributed by atoms with Crippen molar-refractivity contribution in [1.82, 2.24) is 0 Å². The van der Waals surface area contributed by atoms with Gasteiger partial charge in [0, 0.05) is 17.7 Å². The van der Waals surface area contributed by atoms with Crippen molar-refractivity contribution < 1.29 is 14.6 Å². The maximum atomic E-state index is 9.75. The van der Waals surface area contributed by atoms with Crippen LogP contribution in [-0.2, 0) is 9.47 Å². The average molecular weight is 231 g/mol. The van der Waals surface area contributed by atoms with E-state index in [1.54, 1.807) is 19.2 Å². The summed E-state index contributed by atoms with van der Waals surface area (Å²) < 4.78 is 10.0. The number of hydrogen-bond donors (Lipinski definition) is 1. The fourth-order valence-electron chi connectivity index (χ4n) is 1.17. The molecule has 15 heavy (non-hydrogen) atoms. The topological polar surface area (TPSA) is 38.7 Å². The van der Waals surface area contributed by atoms with Crippen LogP contribution in [0.2, 0.25) is 5.02 Å². The Kier molecular flexibility index (Phi) is 5.65. The Morgan fingerprint density at radius 2 is 2.07 bits per heavy atom. The molecule has 0 bridgehead atoms. The molecular weight excluding hydrogens is 216 g/mol. The Labute approximate surface area is 94.6 Å². The van der Waals surface area contributed by atoms with Crippen molar-refractivity contribution >= 4 is 11.6 Å². The second-order valence-electron chi connectivity index (χ2n) is 3.11. The van der Waals surface area contributed by atoms with E-state index in [0.717, 1.165) is 0 Å². The zero-order chi connectivity index (χ0) is 11.1. The molecule has 0 fully saturated rings. The number of benzene rings is 1. The number of aliphatic hydroxyl groups is 1. The van der Waals surface area contributed by atoms with Crippen molar-refractivity contribution in [3.8, 4) is 0 Å². The van der Waals surface area contributed by atoms with Gasteiger partial charge >= 0.3 is 0 Å². The lowest BCUT2D eigenvalue weighted by atomic mass is 10.1. The molecule has 0 aliphatic carbocycles. The SMILES string of the molecule is COCCOCC(O)c1ccccc1Cl. The first-order valence-electron chi connectivity index (χ1n) is 4.75. The molecule has 4 heteroatoms. The minimum absolute atomic E-state index is 0.229. The van der Waals surface area contributed by atoms with Crippen LogP contribution < -0.4 is 0 Å². The Hall–Kier alpha value is -0.610. The summed E-state index contributed by atoms with van der Waals surface area (Å²) in [6, 6.07) is 7.19. The average Bonchev–Trinajstić information content (AvgIpc) is 2.25. The highest BCUT2D eigenvalue weighted by Crippen LogP contribution is 2.22. The van der Waals surface area contributed by atoms with E-state index in [-0.39, 0.29) is 6.61 Å². The molecule has 0 saturated carbocycles. The van der Waals surface area contributed by atoms with Crippen molar-refractivity contribution in [1.29, 1.82) is 0 Å². The predicted octanol–water partition coefficient (Wildman–Crippen LogP) is 2.04. The summed E-state index contributed by atoms with van der Waals surface area (Å²) in [5.74, 6) is 0. The van der Waals surface area contributed by atoms with Gasteiger partial charge < -0.3 is 14.6 Å². The van der Waals surface area contributed by atoms with Crippen molar-refractivity contribution in [3.63, 3.8) is 0 Å². The van der Waals surface area contributed by atoms with Gasteiger partial charge in [0.2, 0.25) is 0 Å². The Morgan fingerprint density at radius 3 is 2.73 bits per heavy atom. The molecule has 1 unspecified atom stereocenters. The van der Waals surface area contributed by atoms with E-state index in [9.17, 15) is 5.11 Å². The standard InChI is InChI=1S/C11H15ClO3/c1-14-6-7-15-8-11(13)9-4-2-3-5-10(9)12/h2-5,11,13H,6-8H2,1H3. The zero-order valence-corrected chi connectivity index (χ0v) is 9.41. The van der Waals surface area contributed by atoms with Crippen LogP contribution >= 0.6 is 11.6 Å². The van der Waals surface area contributed by atoms with Gasteiger partial charge in [-0.15, -0.1) is 0 Å². The summed E-state index contributed by atoms with van der Waals surface area (Å²) in [4.78, 5) is 0. The molecule has 1 atom stereocenters. The van der Waals surface area contributed by atoms with Crippen LogP contribution in [-0.4, -0.2) is 32.0 Å². The molecule has 0 aromatic heterocycles. The number of aliphatic hydroxyl groups excluding tert-OH is 1. The molecule has 1 aromatic rings. The fourth-order valence-corrected chi connectivity index (χ4v) is 1.43. The van der Waals surface area contributed by atoms with Gasteiger partial charge in [-0.2, -0.15) is 0 Å². The molecule has 0 amide bonds. The lowest BCUT2D eigenvalue weighted by Gasteiger charge is -2.12. The third-order valence-corrected chi connectivity index (χ3v) is 2.32. The van der Waals surface area contributed by atoms with E-state index in [1.165, 1.54) is 0 Å². The summed E-state index contributed by atoms with van der Waals surface area (Å²) in [7, 11) is 1.61. The van der Waals surface area contributed by atoms with E-state index in [1.807, 2.05) is 12.1 Å². The van der Waals surface area contributed by atoms with Crippen LogP contribution in [0.3, 0.4) is 0 Å². The molecule has 0 radical (unpaired) electrons. The zero-order valence-electron chi connectivity index (χ0n) is 8.65. The summed E-state index contributed by atoms with van der Waals surface area (Å²) in [6.07, 6.45) is -0.685. The van der Waals surface area contributed by atoms with Crippen LogP contribution in [0.5, 0.6) is 0 Å². The lowest BCUT2D eigenvalue weighted by Crippen LogP contribution is -2.10. The van der Waals surface area contributed by atoms with Gasteiger partial charge in [-0.25, -0.2) is 0 Å². The summed E-state index contributed by atoms with van der Waals surface area (Å²) in [5.41, 5.74) is 0.691. The molecule has 1 N–H and O–H groups in total. The fraction of sp³-hybridized carbons (Fsp3) is 0.455. The Morgan fingerprint density at radius 1 is 1.33 bits per heavy atom. The van der Waals surface area contributed by atoms with E-state index < -0.39 is 6.10 Å². The van der Waals surface area contributed by atoms with Gasteiger partial charge in [0.1, 0.15) is 6.10 Å². The van der Waals surface area contributed by atoms with Gasteiger partial charge in [0.05, 0.1) is 19.8 Å². The van der Waals surface area contributed by atoms with E-state index in [0.29, 0.717) is 23.8 Å². The third-order valence-electron chi connectivity index (χ3n) is 1.97. The first-order valence-corrected chi connectivity index (χ1v) is 5.12. The first kappa shape index (κ1) is 12.5. The van der Waals surface area contributed by atoms with Crippen LogP contribution in [0.25, 0.3) is 0 Å². The smallest absolute Gasteiger partial charge is 0.104 e. The number of hydrogen-bond acceptors (Lipinski definition) is 3. The molecule has 3 nitrogen and oxygen atoms in total. The normalized spacial score (nSPS) is 12.7. The third kappa shape index (κ3) is 4.18. The van der Waals surface area contributed by atoms with Crippen molar-refractivity contribution in [3.05, 3.63) is 34.9 Å². The summed E-state index contributed by atoms with van der Waals surface area (Å²) in [6.45, 7) is 1.22. The first-order chi connectivity index (χ1) is 7.25.